The van der Waals surface area contributed by atoms with E-state index >= 15 is 0 Å². The number of fused-ring (bicyclic) bond motifs is 1. The second-order valence-corrected chi connectivity index (χ2v) is 5.48. The van der Waals surface area contributed by atoms with Crippen LogP contribution in [0.15, 0.2) is 59.9 Å². The lowest BCUT2D eigenvalue weighted by Crippen LogP contribution is -2.31. The van der Waals surface area contributed by atoms with Gasteiger partial charge in [-0.2, -0.15) is 0 Å². The highest BCUT2D eigenvalue weighted by Crippen LogP contribution is 2.20. The molecule has 0 saturated carbocycles. The number of carbonyl (C=O) groups excluding carboxylic acids is 1. The predicted octanol–water partition coefficient (Wildman–Crippen LogP) is 3.03. The monoisotopic (exact) mass is 319 g/mol. The number of nitrogen functional groups attached to an aromatic ring is 1. The molecule has 3 N–H and O–H groups in total. The van der Waals surface area contributed by atoms with E-state index in [2.05, 4.69) is 11.6 Å². The van der Waals surface area contributed by atoms with Crippen LogP contribution < -0.4 is 16.2 Å². The van der Waals surface area contributed by atoms with Crippen molar-refractivity contribution in [2.75, 3.05) is 17.7 Å². The molecule has 24 heavy (non-hydrogen) atoms. The molecule has 3 rings (SSSR count). The Kier molecular flexibility index (Phi) is 3.92. The molecule has 0 aliphatic carbocycles. The first-order valence-electron chi connectivity index (χ1n) is 7.43. The van der Waals surface area contributed by atoms with Gasteiger partial charge in [0.25, 0.3) is 11.5 Å². The number of aromatic nitrogens is 1. The summed E-state index contributed by atoms with van der Waals surface area (Å²) in [5.74, 6) is -0.396. The number of nitrogens with zero attached hydrogens (tertiary/aromatic N) is 1. The van der Waals surface area contributed by atoms with E-state index in [0.29, 0.717) is 22.3 Å². The molecule has 1 aromatic heterocycles. The fourth-order valence-electron chi connectivity index (χ4n) is 2.54. The first-order chi connectivity index (χ1) is 11.5. The lowest BCUT2D eigenvalue weighted by Gasteiger charge is -2.17. The van der Waals surface area contributed by atoms with Crippen LogP contribution in [0.4, 0.5) is 11.4 Å². The van der Waals surface area contributed by atoms with Crippen LogP contribution in [0.2, 0.25) is 0 Å². The highest BCUT2D eigenvalue weighted by Gasteiger charge is 2.18. The Morgan fingerprint density at radius 2 is 1.92 bits per heavy atom. The quantitative estimate of drug-likeness (QED) is 0.728. The number of amides is 1. The zero-order valence-corrected chi connectivity index (χ0v) is 13.2. The molecule has 2 aromatic carbocycles. The normalized spacial score (nSPS) is 10.5. The van der Waals surface area contributed by atoms with Crippen LogP contribution in [0.1, 0.15) is 15.9 Å². The second-order valence-electron chi connectivity index (χ2n) is 5.48. The lowest BCUT2D eigenvalue weighted by molar-refractivity contribution is 0.0991. The predicted molar refractivity (Wildman–Crippen MR) is 98.2 cm³/mol. The van der Waals surface area contributed by atoms with Gasteiger partial charge in [0.2, 0.25) is 0 Å². The molecule has 0 aliphatic rings. The fraction of sp³-hybridized carbons (Fsp3) is 0.0526. The molecule has 0 unspecified atom stereocenters. The van der Waals surface area contributed by atoms with Gasteiger partial charge in [-0.05, 0) is 35.9 Å². The molecule has 0 spiro atoms. The van der Waals surface area contributed by atoms with Crippen molar-refractivity contribution in [3.05, 3.63) is 76.6 Å². The molecule has 0 fully saturated rings. The SMILES string of the molecule is C=Cc1ccc(N(C)C(=O)c2cc3c(N)cccc3[nH]c2=O)cc1. The van der Waals surface area contributed by atoms with Crippen molar-refractivity contribution < 1.29 is 4.79 Å². The number of carbonyl (C=O) groups is 1. The summed E-state index contributed by atoms with van der Waals surface area (Å²) in [5, 5.41) is 0.649. The molecule has 120 valence electrons. The Morgan fingerprint density at radius 3 is 2.58 bits per heavy atom. The van der Waals surface area contributed by atoms with E-state index < -0.39 is 11.5 Å². The largest absolute Gasteiger partial charge is 0.398 e. The molecule has 1 heterocycles. The Labute approximate surface area is 139 Å². The van der Waals surface area contributed by atoms with Gasteiger partial charge in [0, 0.05) is 23.8 Å². The lowest BCUT2D eigenvalue weighted by atomic mass is 10.1. The van der Waals surface area contributed by atoms with Crippen molar-refractivity contribution in [2.24, 2.45) is 0 Å². The summed E-state index contributed by atoms with van der Waals surface area (Å²) < 4.78 is 0. The van der Waals surface area contributed by atoms with E-state index in [9.17, 15) is 9.59 Å². The van der Waals surface area contributed by atoms with Crippen LogP contribution in [0.3, 0.4) is 0 Å². The van der Waals surface area contributed by atoms with Crippen LogP contribution in [-0.4, -0.2) is 17.9 Å². The number of pyridine rings is 1. The summed E-state index contributed by atoms with van der Waals surface area (Å²) in [6.07, 6.45) is 1.72. The molecule has 3 aromatic rings. The van der Waals surface area contributed by atoms with Crippen molar-refractivity contribution >= 4 is 34.3 Å². The molecular weight excluding hydrogens is 302 g/mol. The summed E-state index contributed by atoms with van der Waals surface area (Å²) in [5.41, 5.74) is 8.31. The molecule has 5 nitrogen and oxygen atoms in total. The number of hydrogen-bond donors (Lipinski definition) is 2. The van der Waals surface area contributed by atoms with Crippen LogP contribution in [-0.2, 0) is 0 Å². The smallest absolute Gasteiger partial charge is 0.263 e. The molecule has 0 atom stereocenters. The Balaban J connectivity index is 2.03. The first-order valence-corrected chi connectivity index (χ1v) is 7.43. The zero-order valence-electron chi connectivity index (χ0n) is 13.2. The van der Waals surface area contributed by atoms with E-state index in [4.69, 9.17) is 5.73 Å². The summed E-state index contributed by atoms with van der Waals surface area (Å²) >= 11 is 0. The summed E-state index contributed by atoms with van der Waals surface area (Å²) in [4.78, 5) is 29.1. The molecule has 0 saturated heterocycles. The third-order valence-corrected chi connectivity index (χ3v) is 3.97. The highest BCUT2D eigenvalue weighted by atomic mass is 16.2. The van der Waals surface area contributed by atoms with Crippen LogP contribution in [0.5, 0.6) is 0 Å². The molecule has 0 radical (unpaired) electrons. The summed E-state index contributed by atoms with van der Waals surface area (Å²) in [6.45, 7) is 3.70. The van der Waals surface area contributed by atoms with Crippen LogP contribution in [0, 0.1) is 0 Å². The van der Waals surface area contributed by atoms with Gasteiger partial charge in [0.1, 0.15) is 5.56 Å². The Bertz CT molecular complexity index is 988. The summed E-state index contributed by atoms with van der Waals surface area (Å²) in [7, 11) is 1.63. The minimum Gasteiger partial charge on any atom is -0.398 e. The van der Waals surface area contributed by atoms with E-state index in [1.54, 1.807) is 49.5 Å². The minimum atomic E-state index is -0.437. The Hall–Kier alpha value is -3.34. The van der Waals surface area contributed by atoms with Crippen molar-refractivity contribution in [1.29, 1.82) is 0 Å². The van der Waals surface area contributed by atoms with Crippen molar-refractivity contribution in [2.45, 2.75) is 0 Å². The van der Waals surface area contributed by atoms with Gasteiger partial charge in [0.15, 0.2) is 0 Å². The van der Waals surface area contributed by atoms with Gasteiger partial charge >= 0.3 is 0 Å². The number of aromatic amines is 1. The van der Waals surface area contributed by atoms with Crippen LogP contribution in [0.25, 0.3) is 17.0 Å². The average Bonchev–Trinajstić information content (AvgIpc) is 2.60. The topological polar surface area (TPSA) is 79.2 Å². The van der Waals surface area contributed by atoms with E-state index in [1.807, 2.05) is 12.1 Å². The highest BCUT2D eigenvalue weighted by molar-refractivity contribution is 6.08. The number of H-pyrrole nitrogens is 1. The molecule has 5 heteroatoms. The van der Waals surface area contributed by atoms with Gasteiger partial charge in [-0.15, -0.1) is 0 Å². The molecule has 0 aliphatic heterocycles. The third-order valence-electron chi connectivity index (χ3n) is 3.97. The number of rotatable bonds is 3. The van der Waals surface area contributed by atoms with Crippen molar-refractivity contribution in [3.63, 3.8) is 0 Å². The molecule has 1 amide bonds. The number of nitrogens with one attached hydrogen (secondary N) is 1. The maximum atomic E-state index is 12.7. The summed E-state index contributed by atoms with van der Waals surface area (Å²) in [6, 6.07) is 14.1. The zero-order chi connectivity index (χ0) is 17.3. The van der Waals surface area contributed by atoms with Gasteiger partial charge < -0.3 is 15.6 Å². The Morgan fingerprint density at radius 1 is 1.21 bits per heavy atom. The van der Waals surface area contributed by atoms with Gasteiger partial charge in [-0.1, -0.05) is 30.9 Å². The van der Waals surface area contributed by atoms with E-state index in [1.165, 1.54) is 4.90 Å². The number of benzene rings is 2. The van der Waals surface area contributed by atoms with E-state index in [0.717, 1.165) is 5.56 Å². The molecule has 0 bridgehead atoms. The average molecular weight is 319 g/mol. The van der Waals surface area contributed by atoms with Crippen molar-refractivity contribution in [3.8, 4) is 0 Å². The van der Waals surface area contributed by atoms with Crippen LogP contribution >= 0.6 is 0 Å². The maximum absolute atomic E-state index is 12.7. The van der Waals surface area contributed by atoms with E-state index in [-0.39, 0.29) is 5.56 Å². The number of anilines is 2. The van der Waals surface area contributed by atoms with Gasteiger partial charge in [-0.25, -0.2) is 0 Å². The standard InChI is InChI=1S/C19H17N3O2/c1-3-12-7-9-13(10-8-12)22(2)19(24)15-11-14-16(20)5-4-6-17(14)21-18(15)23/h3-11H,1,20H2,2H3,(H,21,23). The van der Waals surface area contributed by atoms with Gasteiger partial charge in [-0.3, -0.25) is 9.59 Å². The molecular formula is C19H17N3O2. The third kappa shape index (κ3) is 2.67. The first kappa shape index (κ1) is 15.6. The maximum Gasteiger partial charge on any atom is 0.263 e. The van der Waals surface area contributed by atoms with Gasteiger partial charge in [0.05, 0.1) is 5.52 Å². The minimum absolute atomic E-state index is 0.0516. The van der Waals surface area contributed by atoms with Crippen molar-refractivity contribution in [1.82, 2.24) is 4.98 Å². The second kappa shape index (κ2) is 6.04. The number of nitrogens with two attached hydrogens (primary N) is 1. The number of hydrogen-bond acceptors (Lipinski definition) is 3. The fourth-order valence-corrected chi connectivity index (χ4v) is 2.54.